The summed E-state index contributed by atoms with van der Waals surface area (Å²) in [6, 6.07) is 0. The van der Waals surface area contributed by atoms with Crippen LogP contribution in [0.15, 0.2) is 11.1 Å². The van der Waals surface area contributed by atoms with E-state index < -0.39 is 0 Å². The Bertz CT molecular complexity index is 676. The standard InChI is InChI=1S/C27H44O2/c1-17(2)7-6-8-18(3)23-16-24(29)25-21-10-9-19-15-20(28)11-13-26(19,4)22(21)12-14-27(23,25)5/h17-20,22-23,28H,6-16H2,1-5H3/t18-,19+,20-,22?,23-,26+,27-/m1/s1. The molecule has 3 saturated carbocycles. The maximum atomic E-state index is 13.4. The highest BCUT2D eigenvalue weighted by atomic mass is 16.3. The van der Waals surface area contributed by atoms with Crippen molar-refractivity contribution in [1.29, 1.82) is 0 Å². The molecule has 1 N–H and O–H groups in total. The van der Waals surface area contributed by atoms with Crippen molar-refractivity contribution in [1.82, 2.24) is 0 Å². The number of hydrogen-bond acceptors (Lipinski definition) is 2. The van der Waals surface area contributed by atoms with Crippen molar-refractivity contribution in [2.45, 2.75) is 111 Å². The van der Waals surface area contributed by atoms with Crippen molar-refractivity contribution in [3.05, 3.63) is 11.1 Å². The Morgan fingerprint density at radius 1 is 1.07 bits per heavy atom. The quantitative estimate of drug-likeness (QED) is 0.556. The summed E-state index contributed by atoms with van der Waals surface area (Å²) in [5.41, 5.74) is 3.29. The van der Waals surface area contributed by atoms with E-state index in [0.29, 0.717) is 34.9 Å². The third-order valence-corrected chi connectivity index (χ3v) is 9.96. The van der Waals surface area contributed by atoms with Crippen LogP contribution in [-0.4, -0.2) is 17.0 Å². The number of rotatable bonds is 5. The maximum absolute atomic E-state index is 13.4. The van der Waals surface area contributed by atoms with Gasteiger partial charge in [0.25, 0.3) is 0 Å². The SMILES string of the molecule is CC(C)CCC[C@@H](C)[C@H]1CC(=O)C2=C3CC[C@H]4C[C@H](O)CC[C@]4(C)C3CC[C@@]21C. The van der Waals surface area contributed by atoms with Crippen LogP contribution in [0.5, 0.6) is 0 Å². The summed E-state index contributed by atoms with van der Waals surface area (Å²) in [5, 5.41) is 10.2. The molecule has 0 aliphatic heterocycles. The molecule has 0 spiro atoms. The monoisotopic (exact) mass is 400 g/mol. The molecule has 164 valence electrons. The second kappa shape index (κ2) is 7.81. The molecular formula is C27H44O2. The average Bonchev–Trinajstić information content (AvgIpc) is 2.93. The van der Waals surface area contributed by atoms with Crippen LogP contribution in [0.2, 0.25) is 0 Å². The van der Waals surface area contributed by atoms with E-state index in [9.17, 15) is 9.90 Å². The van der Waals surface area contributed by atoms with Gasteiger partial charge in [-0.15, -0.1) is 0 Å². The Labute approximate surface area is 178 Å². The van der Waals surface area contributed by atoms with Crippen LogP contribution in [0.3, 0.4) is 0 Å². The van der Waals surface area contributed by atoms with E-state index in [1.165, 1.54) is 44.1 Å². The Morgan fingerprint density at radius 2 is 1.83 bits per heavy atom. The fraction of sp³-hybridized carbons (Fsp3) is 0.889. The van der Waals surface area contributed by atoms with Crippen molar-refractivity contribution in [2.24, 2.45) is 40.4 Å². The summed E-state index contributed by atoms with van der Waals surface area (Å²) in [6.45, 7) is 12.0. The molecule has 0 bridgehead atoms. The van der Waals surface area contributed by atoms with Gasteiger partial charge in [0.1, 0.15) is 0 Å². The number of allylic oxidation sites excluding steroid dienone is 2. The van der Waals surface area contributed by atoms with Gasteiger partial charge in [0.05, 0.1) is 6.10 Å². The minimum Gasteiger partial charge on any atom is -0.393 e. The number of fused-ring (bicyclic) bond motifs is 4. The molecule has 2 heteroatoms. The van der Waals surface area contributed by atoms with Crippen molar-refractivity contribution >= 4 is 5.78 Å². The molecule has 4 rings (SSSR count). The van der Waals surface area contributed by atoms with Gasteiger partial charge < -0.3 is 5.11 Å². The van der Waals surface area contributed by atoms with E-state index in [1.807, 2.05) is 0 Å². The smallest absolute Gasteiger partial charge is 0.159 e. The molecule has 0 heterocycles. The highest BCUT2D eigenvalue weighted by Gasteiger charge is 2.57. The normalized spacial score (nSPS) is 43.2. The van der Waals surface area contributed by atoms with Crippen molar-refractivity contribution in [3.8, 4) is 0 Å². The highest BCUT2D eigenvalue weighted by molar-refractivity contribution is 6.00. The van der Waals surface area contributed by atoms with Gasteiger partial charge in [-0.25, -0.2) is 0 Å². The van der Waals surface area contributed by atoms with Crippen LogP contribution in [0, 0.1) is 40.4 Å². The third kappa shape index (κ3) is 3.56. The molecule has 2 nitrogen and oxygen atoms in total. The van der Waals surface area contributed by atoms with E-state index in [0.717, 1.165) is 38.0 Å². The molecule has 1 unspecified atom stereocenters. The van der Waals surface area contributed by atoms with E-state index in [-0.39, 0.29) is 11.5 Å². The molecule has 4 aliphatic carbocycles. The lowest BCUT2D eigenvalue weighted by atomic mass is 9.48. The van der Waals surface area contributed by atoms with Crippen LogP contribution in [-0.2, 0) is 4.79 Å². The zero-order chi connectivity index (χ0) is 21.0. The number of Topliss-reactive ketones (excluding diaryl/α,β-unsaturated/α-hetero) is 1. The van der Waals surface area contributed by atoms with Crippen molar-refractivity contribution in [3.63, 3.8) is 0 Å². The molecular weight excluding hydrogens is 356 g/mol. The molecule has 0 aromatic heterocycles. The van der Waals surface area contributed by atoms with Crippen molar-refractivity contribution in [2.75, 3.05) is 0 Å². The molecule has 4 aliphatic rings. The zero-order valence-electron chi connectivity index (χ0n) is 19.6. The number of hydrogen-bond donors (Lipinski definition) is 1. The first-order chi connectivity index (χ1) is 13.7. The topological polar surface area (TPSA) is 37.3 Å². The summed E-state index contributed by atoms with van der Waals surface area (Å²) >= 11 is 0. The number of carbonyl (C=O) groups excluding carboxylic acids is 1. The van der Waals surface area contributed by atoms with Crippen LogP contribution >= 0.6 is 0 Å². The lowest BCUT2D eigenvalue weighted by Crippen LogP contribution is -2.48. The van der Waals surface area contributed by atoms with Gasteiger partial charge in [0.2, 0.25) is 0 Å². The second-order valence-corrected chi connectivity index (χ2v) is 12.1. The molecule has 3 fully saturated rings. The van der Waals surface area contributed by atoms with E-state index in [2.05, 4.69) is 34.6 Å². The minimum absolute atomic E-state index is 0.0969. The third-order valence-electron chi connectivity index (χ3n) is 9.96. The summed E-state index contributed by atoms with van der Waals surface area (Å²) < 4.78 is 0. The van der Waals surface area contributed by atoms with Gasteiger partial charge >= 0.3 is 0 Å². The largest absolute Gasteiger partial charge is 0.393 e. The molecule has 0 amide bonds. The maximum Gasteiger partial charge on any atom is 0.159 e. The molecule has 0 radical (unpaired) electrons. The van der Waals surface area contributed by atoms with Gasteiger partial charge in [0, 0.05) is 12.0 Å². The summed E-state index contributed by atoms with van der Waals surface area (Å²) in [4.78, 5) is 13.4. The summed E-state index contributed by atoms with van der Waals surface area (Å²) in [5.74, 6) is 3.70. The average molecular weight is 401 g/mol. The number of ketones is 1. The van der Waals surface area contributed by atoms with Gasteiger partial charge in [-0.05, 0) is 85.4 Å². The first-order valence-electron chi connectivity index (χ1n) is 12.6. The first kappa shape index (κ1) is 21.6. The molecule has 0 aromatic carbocycles. The van der Waals surface area contributed by atoms with Crippen molar-refractivity contribution < 1.29 is 9.90 Å². The van der Waals surface area contributed by atoms with Gasteiger partial charge in [-0.1, -0.05) is 59.5 Å². The Morgan fingerprint density at radius 3 is 2.55 bits per heavy atom. The van der Waals surface area contributed by atoms with E-state index in [1.54, 1.807) is 5.57 Å². The second-order valence-electron chi connectivity index (χ2n) is 12.1. The van der Waals surface area contributed by atoms with Crippen LogP contribution in [0.25, 0.3) is 0 Å². The zero-order valence-corrected chi connectivity index (χ0v) is 19.6. The number of aliphatic hydroxyl groups excluding tert-OH is 1. The fourth-order valence-electron chi connectivity index (χ4n) is 8.22. The van der Waals surface area contributed by atoms with E-state index >= 15 is 0 Å². The molecule has 0 aromatic rings. The molecule has 29 heavy (non-hydrogen) atoms. The Balaban J connectivity index is 1.59. The van der Waals surface area contributed by atoms with Gasteiger partial charge in [-0.3, -0.25) is 4.79 Å². The minimum atomic E-state index is -0.0969. The molecule has 7 atom stereocenters. The van der Waals surface area contributed by atoms with Crippen LogP contribution in [0.1, 0.15) is 105 Å². The number of aliphatic hydroxyl groups is 1. The lowest BCUT2D eigenvalue weighted by molar-refractivity contribution is -0.115. The molecule has 0 saturated heterocycles. The fourth-order valence-corrected chi connectivity index (χ4v) is 8.22. The summed E-state index contributed by atoms with van der Waals surface area (Å²) in [6.07, 6.45) is 12.4. The lowest BCUT2D eigenvalue weighted by Gasteiger charge is -2.56. The Hall–Kier alpha value is -0.630. The summed E-state index contributed by atoms with van der Waals surface area (Å²) in [7, 11) is 0. The Kier molecular flexibility index (Phi) is 5.82. The van der Waals surface area contributed by atoms with E-state index in [4.69, 9.17) is 0 Å². The number of carbonyl (C=O) groups is 1. The van der Waals surface area contributed by atoms with Gasteiger partial charge in [-0.2, -0.15) is 0 Å². The van der Waals surface area contributed by atoms with Crippen LogP contribution in [0.4, 0.5) is 0 Å². The van der Waals surface area contributed by atoms with Crippen LogP contribution < -0.4 is 0 Å². The highest BCUT2D eigenvalue weighted by Crippen LogP contribution is 2.65. The predicted molar refractivity (Wildman–Crippen MR) is 120 cm³/mol. The van der Waals surface area contributed by atoms with Gasteiger partial charge in [0.15, 0.2) is 5.78 Å². The predicted octanol–water partition coefficient (Wildman–Crippen LogP) is 6.71. The first-order valence-corrected chi connectivity index (χ1v) is 12.6.